The second kappa shape index (κ2) is 7.93. The van der Waals surface area contributed by atoms with E-state index in [0.29, 0.717) is 5.02 Å². The minimum Gasteiger partial charge on any atom is -0.346 e. The van der Waals surface area contributed by atoms with Crippen LogP contribution in [0, 0.1) is 0 Å². The van der Waals surface area contributed by atoms with Crippen LogP contribution in [0.5, 0.6) is 0 Å². The Morgan fingerprint density at radius 3 is 2.25 bits per heavy atom. The number of sulfonamides is 1. The smallest absolute Gasteiger partial charge is 0.243 e. The van der Waals surface area contributed by atoms with Gasteiger partial charge in [-0.05, 0) is 24.3 Å². The predicted molar refractivity (Wildman–Crippen MR) is 88.9 cm³/mol. The van der Waals surface area contributed by atoms with E-state index in [-0.39, 0.29) is 50.1 Å². The van der Waals surface area contributed by atoms with Crippen molar-refractivity contribution in [1.29, 1.82) is 0 Å². The summed E-state index contributed by atoms with van der Waals surface area (Å²) in [6.07, 6.45) is 0. The summed E-state index contributed by atoms with van der Waals surface area (Å²) in [4.78, 5) is 24.7. The van der Waals surface area contributed by atoms with Gasteiger partial charge in [-0.1, -0.05) is 11.6 Å². The highest BCUT2D eigenvalue weighted by Crippen LogP contribution is 2.19. The Balaban J connectivity index is 1.93. The van der Waals surface area contributed by atoms with Crippen LogP contribution < -0.4 is 11.1 Å². The SMILES string of the molecule is NCC(=O)NCC(=O)N1CCN(S(=O)(=O)c2ccc(Cl)cc2)CC1. The van der Waals surface area contributed by atoms with Crippen LogP contribution in [0.2, 0.25) is 5.02 Å². The molecule has 2 rings (SSSR count). The second-order valence-electron chi connectivity index (χ2n) is 5.22. The fourth-order valence-electron chi connectivity index (χ4n) is 2.29. The highest BCUT2D eigenvalue weighted by Gasteiger charge is 2.30. The summed E-state index contributed by atoms with van der Waals surface area (Å²) in [6, 6.07) is 5.96. The number of carbonyl (C=O) groups is 2. The van der Waals surface area contributed by atoms with Gasteiger partial charge in [0, 0.05) is 31.2 Å². The summed E-state index contributed by atoms with van der Waals surface area (Å²) in [6.45, 7) is 0.609. The third kappa shape index (κ3) is 4.44. The van der Waals surface area contributed by atoms with Crippen LogP contribution in [0.1, 0.15) is 0 Å². The van der Waals surface area contributed by atoms with Gasteiger partial charge in [-0.25, -0.2) is 8.42 Å². The van der Waals surface area contributed by atoms with E-state index in [9.17, 15) is 18.0 Å². The lowest BCUT2D eigenvalue weighted by Gasteiger charge is -2.34. The fourth-order valence-corrected chi connectivity index (χ4v) is 3.84. The summed E-state index contributed by atoms with van der Waals surface area (Å²) in [5.41, 5.74) is 5.15. The zero-order valence-electron chi connectivity index (χ0n) is 12.9. The summed E-state index contributed by atoms with van der Waals surface area (Å²) in [5, 5.41) is 2.86. The van der Waals surface area contributed by atoms with Crippen molar-refractivity contribution in [2.75, 3.05) is 39.3 Å². The lowest BCUT2D eigenvalue weighted by atomic mass is 10.3. The number of rotatable bonds is 5. The van der Waals surface area contributed by atoms with Crippen molar-refractivity contribution in [3.63, 3.8) is 0 Å². The third-order valence-corrected chi connectivity index (χ3v) is 5.83. The van der Waals surface area contributed by atoms with Gasteiger partial charge in [-0.15, -0.1) is 0 Å². The molecule has 1 aromatic carbocycles. The van der Waals surface area contributed by atoms with Crippen LogP contribution in [-0.4, -0.2) is 68.7 Å². The van der Waals surface area contributed by atoms with Crippen molar-refractivity contribution in [2.45, 2.75) is 4.90 Å². The molecule has 0 aromatic heterocycles. The fraction of sp³-hybridized carbons (Fsp3) is 0.429. The molecule has 0 aliphatic carbocycles. The first-order valence-corrected chi connectivity index (χ1v) is 9.16. The first-order chi connectivity index (χ1) is 11.3. The molecule has 0 unspecified atom stereocenters. The molecular formula is C14H19ClN4O4S. The average Bonchev–Trinajstić information content (AvgIpc) is 2.59. The van der Waals surface area contributed by atoms with E-state index in [1.165, 1.54) is 33.5 Å². The Bertz CT molecular complexity index is 700. The van der Waals surface area contributed by atoms with Crippen LogP contribution >= 0.6 is 11.6 Å². The molecule has 1 aromatic rings. The van der Waals surface area contributed by atoms with Crippen molar-refractivity contribution >= 4 is 33.4 Å². The molecule has 0 atom stereocenters. The van der Waals surface area contributed by atoms with Crippen molar-refractivity contribution in [1.82, 2.24) is 14.5 Å². The quantitative estimate of drug-likeness (QED) is 0.704. The summed E-state index contributed by atoms with van der Waals surface area (Å²) < 4.78 is 26.4. The van der Waals surface area contributed by atoms with E-state index >= 15 is 0 Å². The zero-order valence-corrected chi connectivity index (χ0v) is 14.5. The molecule has 0 saturated carbocycles. The van der Waals surface area contributed by atoms with Gasteiger partial charge >= 0.3 is 0 Å². The predicted octanol–water partition coefficient (Wildman–Crippen LogP) is -0.752. The van der Waals surface area contributed by atoms with Crippen LogP contribution in [0.4, 0.5) is 0 Å². The lowest BCUT2D eigenvalue weighted by molar-refractivity contribution is -0.133. The first kappa shape index (κ1) is 18.7. The normalized spacial score (nSPS) is 16.0. The van der Waals surface area contributed by atoms with Gasteiger partial charge in [0.1, 0.15) is 0 Å². The number of carbonyl (C=O) groups excluding carboxylic acids is 2. The van der Waals surface area contributed by atoms with Crippen molar-refractivity contribution in [2.24, 2.45) is 5.73 Å². The molecule has 10 heteroatoms. The lowest BCUT2D eigenvalue weighted by Crippen LogP contribution is -2.52. The summed E-state index contributed by atoms with van der Waals surface area (Å²) >= 11 is 5.77. The second-order valence-corrected chi connectivity index (χ2v) is 7.59. The Morgan fingerprint density at radius 2 is 1.71 bits per heavy atom. The number of amides is 2. The highest BCUT2D eigenvalue weighted by atomic mass is 35.5. The molecule has 132 valence electrons. The van der Waals surface area contributed by atoms with Gasteiger partial charge < -0.3 is 16.0 Å². The largest absolute Gasteiger partial charge is 0.346 e. The minimum absolute atomic E-state index is 0.139. The van der Waals surface area contributed by atoms with Gasteiger partial charge in [-0.2, -0.15) is 4.31 Å². The van der Waals surface area contributed by atoms with Gasteiger partial charge in [0.15, 0.2) is 0 Å². The molecule has 1 fully saturated rings. The number of nitrogens with one attached hydrogen (secondary N) is 1. The van der Waals surface area contributed by atoms with Crippen LogP contribution in [0.25, 0.3) is 0 Å². The van der Waals surface area contributed by atoms with Crippen molar-refractivity contribution < 1.29 is 18.0 Å². The number of benzene rings is 1. The van der Waals surface area contributed by atoms with Gasteiger partial charge in [0.05, 0.1) is 18.0 Å². The Labute approximate surface area is 145 Å². The number of hydrogen-bond acceptors (Lipinski definition) is 5. The maximum absolute atomic E-state index is 12.5. The summed E-state index contributed by atoms with van der Waals surface area (Å²) in [7, 11) is -3.61. The van der Waals surface area contributed by atoms with E-state index in [0.717, 1.165) is 0 Å². The number of hydrogen-bond donors (Lipinski definition) is 2. The Kier molecular flexibility index (Phi) is 6.16. The maximum Gasteiger partial charge on any atom is 0.243 e. The Hall–Kier alpha value is -1.68. The highest BCUT2D eigenvalue weighted by molar-refractivity contribution is 7.89. The summed E-state index contributed by atoms with van der Waals surface area (Å²) in [5.74, 6) is -0.673. The Morgan fingerprint density at radius 1 is 1.12 bits per heavy atom. The third-order valence-electron chi connectivity index (χ3n) is 3.66. The van der Waals surface area contributed by atoms with E-state index in [2.05, 4.69) is 5.32 Å². The van der Waals surface area contributed by atoms with E-state index in [1.807, 2.05) is 0 Å². The zero-order chi connectivity index (χ0) is 17.7. The van der Waals surface area contributed by atoms with Crippen LogP contribution in [0.15, 0.2) is 29.2 Å². The number of nitrogens with two attached hydrogens (primary N) is 1. The standard InChI is InChI=1S/C14H19ClN4O4S/c15-11-1-3-12(4-2-11)24(22,23)19-7-5-18(6-8-19)14(21)10-17-13(20)9-16/h1-4H,5-10,16H2,(H,17,20). The maximum atomic E-state index is 12.5. The van der Waals surface area contributed by atoms with Gasteiger partial charge in [0.25, 0.3) is 0 Å². The molecule has 2 amide bonds. The average molecular weight is 375 g/mol. The number of piperazine rings is 1. The molecule has 1 aliphatic rings. The van der Waals surface area contributed by atoms with Crippen LogP contribution in [0.3, 0.4) is 0 Å². The molecule has 0 bridgehead atoms. The van der Waals surface area contributed by atoms with Crippen LogP contribution in [-0.2, 0) is 19.6 Å². The molecule has 0 radical (unpaired) electrons. The molecule has 3 N–H and O–H groups in total. The van der Waals surface area contributed by atoms with Crippen molar-refractivity contribution in [3.05, 3.63) is 29.3 Å². The molecule has 24 heavy (non-hydrogen) atoms. The topological polar surface area (TPSA) is 113 Å². The van der Waals surface area contributed by atoms with Gasteiger partial charge in [0.2, 0.25) is 21.8 Å². The molecule has 8 nitrogen and oxygen atoms in total. The molecular weight excluding hydrogens is 356 g/mol. The van der Waals surface area contributed by atoms with E-state index in [4.69, 9.17) is 17.3 Å². The minimum atomic E-state index is -3.61. The first-order valence-electron chi connectivity index (χ1n) is 7.35. The van der Waals surface area contributed by atoms with Crippen molar-refractivity contribution in [3.8, 4) is 0 Å². The number of nitrogens with zero attached hydrogens (tertiary/aromatic N) is 2. The van der Waals surface area contributed by atoms with E-state index in [1.54, 1.807) is 0 Å². The van der Waals surface area contributed by atoms with E-state index < -0.39 is 15.9 Å². The molecule has 1 heterocycles. The molecule has 0 spiro atoms. The molecule has 1 aliphatic heterocycles. The number of halogens is 1. The monoisotopic (exact) mass is 374 g/mol. The molecule has 1 saturated heterocycles. The van der Waals surface area contributed by atoms with Gasteiger partial charge in [-0.3, -0.25) is 9.59 Å².